The Morgan fingerprint density at radius 1 is 1.50 bits per heavy atom. The predicted molar refractivity (Wildman–Crippen MR) is 62.1 cm³/mol. The number of thiophene rings is 1. The molecule has 2 aromatic rings. The van der Waals surface area contributed by atoms with Crippen LogP contribution in [0.15, 0.2) is 29.1 Å². The average molecular weight is 235 g/mol. The van der Waals surface area contributed by atoms with E-state index in [4.69, 9.17) is 0 Å². The molecule has 0 aliphatic heterocycles. The second-order valence-corrected chi connectivity index (χ2v) is 4.08. The van der Waals surface area contributed by atoms with Crippen molar-refractivity contribution < 1.29 is 9.18 Å². The van der Waals surface area contributed by atoms with E-state index in [2.05, 4.69) is 4.98 Å². The molecule has 0 unspecified atom stereocenters. The fourth-order valence-electron chi connectivity index (χ4n) is 1.42. The van der Waals surface area contributed by atoms with Gasteiger partial charge in [0.25, 0.3) is 0 Å². The molecule has 4 heteroatoms. The highest BCUT2D eigenvalue weighted by Crippen LogP contribution is 2.25. The highest BCUT2D eigenvalue weighted by atomic mass is 32.1. The minimum Gasteiger partial charge on any atom is -0.294 e. The van der Waals surface area contributed by atoms with E-state index in [0.29, 0.717) is 23.2 Å². The highest BCUT2D eigenvalue weighted by Gasteiger charge is 2.10. The Morgan fingerprint density at radius 2 is 2.31 bits per heavy atom. The van der Waals surface area contributed by atoms with Gasteiger partial charge in [0.2, 0.25) is 0 Å². The summed E-state index contributed by atoms with van der Waals surface area (Å²) in [5.74, 6) is -0.252. The second-order valence-electron chi connectivity index (χ2n) is 3.34. The van der Waals surface area contributed by atoms with Crippen molar-refractivity contribution in [2.24, 2.45) is 0 Å². The molecule has 0 saturated carbocycles. The Bertz CT molecular complexity index is 521. The van der Waals surface area contributed by atoms with Gasteiger partial charge in [-0.05, 0) is 12.1 Å². The van der Waals surface area contributed by atoms with Crippen molar-refractivity contribution in [2.75, 3.05) is 0 Å². The molecule has 0 aromatic carbocycles. The van der Waals surface area contributed by atoms with Gasteiger partial charge in [-0.3, -0.25) is 9.78 Å². The van der Waals surface area contributed by atoms with E-state index < -0.39 is 0 Å². The van der Waals surface area contributed by atoms with Crippen LogP contribution in [0.5, 0.6) is 0 Å². The van der Waals surface area contributed by atoms with Crippen molar-refractivity contribution in [3.8, 4) is 11.3 Å². The Kier molecular flexibility index (Phi) is 3.10. The molecule has 0 N–H and O–H groups in total. The maximum absolute atomic E-state index is 13.3. The first-order valence-corrected chi connectivity index (χ1v) is 5.88. The highest BCUT2D eigenvalue weighted by molar-refractivity contribution is 7.08. The number of nitrogens with zero attached hydrogens (tertiary/aromatic N) is 1. The van der Waals surface area contributed by atoms with Crippen LogP contribution in [0.1, 0.15) is 23.7 Å². The Hall–Kier alpha value is -1.55. The van der Waals surface area contributed by atoms with Crippen molar-refractivity contribution in [1.29, 1.82) is 0 Å². The third kappa shape index (κ3) is 2.02. The van der Waals surface area contributed by atoms with E-state index in [1.165, 1.54) is 22.9 Å². The summed E-state index contributed by atoms with van der Waals surface area (Å²) in [5, 5.41) is 3.11. The monoisotopic (exact) mass is 235 g/mol. The molecular formula is C12H10FNOS. The lowest BCUT2D eigenvalue weighted by molar-refractivity contribution is 0.0988. The van der Waals surface area contributed by atoms with Gasteiger partial charge in [0.1, 0.15) is 5.82 Å². The maximum Gasteiger partial charge on any atom is 0.162 e. The predicted octanol–water partition coefficient (Wildman–Crippen LogP) is 3.54. The first-order chi connectivity index (χ1) is 7.72. The quantitative estimate of drug-likeness (QED) is 0.761. The Balaban J connectivity index is 2.44. The fraction of sp³-hybridized carbons (Fsp3) is 0.167. The third-order valence-electron chi connectivity index (χ3n) is 2.29. The zero-order valence-corrected chi connectivity index (χ0v) is 9.55. The first-order valence-electron chi connectivity index (χ1n) is 4.93. The van der Waals surface area contributed by atoms with Gasteiger partial charge >= 0.3 is 0 Å². The molecule has 0 atom stereocenters. The number of pyridine rings is 1. The molecule has 0 radical (unpaired) electrons. The van der Waals surface area contributed by atoms with Crippen molar-refractivity contribution in [2.45, 2.75) is 13.3 Å². The summed E-state index contributed by atoms with van der Waals surface area (Å²) in [6.07, 6.45) is 1.98. The molecule has 0 saturated heterocycles. The van der Waals surface area contributed by atoms with E-state index in [-0.39, 0.29) is 11.6 Å². The molecule has 16 heavy (non-hydrogen) atoms. The third-order valence-corrected chi connectivity index (χ3v) is 3.01. The number of Topliss-reactive ketones (excluding diaryl/α,β-unsaturated/α-hetero) is 1. The molecule has 2 heterocycles. The maximum atomic E-state index is 13.3. The molecule has 0 aliphatic rings. The SMILES string of the molecule is CCC(=O)c1ccnc(-c2cscc2F)c1. The van der Waals surface area contributed by atoms with Gasteiger partial charge in [-0.2, -0.15) is 0 Å². The summed E-state index contributed by atoms with van der Waals surface area (Å²) >= 11 is 1.28. The topological polar surface area (TPSA) is 30.0 Å². The van der Waals surface area contributed by atoms with E-state index in [0.717, 1.165) is 0 Å². The minimum atomic E-state index is -0.293. The van der Waals surface area contributed by atoms with Gasteiger partial charge in [0.15, 0.2) is 5.78 Å². The van der Waals surface area contributed by atoms with Crippen LogP contribution in [0, 0.1) is 5.82 Å². The molecule has 0 bridgehead atoms. The van der Waals surface area contributed by atoms with Crippen LogP contribution in [0.2, 0.25) is 0 Å². The number of halogens is 1. The van der Waals surface area contributed by atoms with E-state index in [1.54, 1.807) is 24.4 Å². The largest absolute Gasteiger partial charge is 0.294 e. The lowest BCUT2D eigenvalue weighted by Gasteiger charge is -2.01. The average Bonchev–Trinajstić information content (AvgIpc) is 2.74. The molecule has 82 valence electrons. The van der Waals surface area contributed by atoms with Gasteiger partial charge in [-0.1, -0.05) is 6.92 Å². The normalized spacial score (nSPS) is 10.4. The number of hydrogen-bond donors (Lipinski definition) is 0. The van der Waals surface area contributed by atoms with Crippen molar-refractivity contribution in [1.82, 2.24) is 4.98 Å². The smallest absolute Gasteiger partial charge is 0.162 e. The lowest BCUT2D eigenvalue weighted by Crippen LogP contribution is -1.97. The fourth-order valence-corrected chi connectivity index (χ4v) is 2.10. The van der Waals surface area contributed by atoms with Crippen molar-refractivity contribution in [3.63, 3.8) is 0 Å². The summed E-state index contributed by atoms with van der Waals surface area (Å²) in [5.41, 5.74) is 1.55. The molecule has 0 fully saturated rings. The van der Waals surface area contributed by atoms with Gasteiger partial charge < -0.3 is 0 Å². The van der Waals surface area contributed by atoms with Crippen LogP contribution in [-0.2, 0) is 0 Å². The summed E-state index contributed by atoms with van der Waals surface area (Å²) in [6, 6.07) is 3.29. The van der Waals surface area contributed by atoms with E-state index in [9.17, 15) is 9.18 Å². The number of aromatic nitrogens is 1. The van der Waals surface area contributed by atoms with Crippen LogP contribution in [0.3, 0.4) is 0 Å². The summed E-state index contributed by atoms with van der Waals surface area (Å²) in [6.45, 7) is 1.80. The van der Waals surface area contributed by atoms with Crippen LogP contribution in [0.25, 0.3) is 11.3 Å². The number of ketones is 1. The zero-order valence-electron chi connectivity index (χ0n) is 8.74. The minimum absolute atomic E-state index is 0.0410. The molecule has 2 nitrogen and oxygen atoms in total. The molecule has 2 aromatic heterocycles. The van der Waals surface area contributed by atoms with Gasteiger partial charge in [-0.25, -0.2) is 4.39 Å². The summed E-state index contributed by atoms with van der Waals surface area (Å²) in [4.78, 5) is 15.6. The van der Waals surface area contributed by atoms with Gasteiger partial charge in [-0.15, -0.1) is 11.3 Å². The summed E-state index contributed by atoms with van der Waals surface area (Å²) < 4.78 is 13.3. The molecule has 0 spiro atoms. The Labute approximate surface area is 96.8 Å². The van der Waals surface area contributed by atoms with Crippen LogP contribution < -0.4 is 0 Å². The molecule has 2 rings (SSSR count). The molecule has 0 aliphatic carbocycles. The second kappa shape index (κ2) is 4.53. The molecule has 0 amide bonds. The number of carbonyl (C=O) groups is 1. The lowest BCUT2D eigenvalue weighted by atomic mass is 10.1. The first kappa shape index (κ1) is 11.0. The number of hydrogen-bond acceptors (Lipinski definition) is 3. The molecular weight excluding hydrogens is 225 g/mol. The van der Waals surface area contributed by atoms with Crippen molar-refractivity contribution in [3.05, 3.63) is 40.5 Å². The van der Waals surface area contributed by atoms with E-state index in [1.807, 2.05) is 0 Å². The summed E-state index contributed by atoms with van der Waals surface area (Å²) in [7, 11) is 0. The zero-order chi connectivity index (χ0) is 11.5. The van der Waals surface area contributed by atoms with Gasteiger partial charge in [0.05, 0.1) is 5.69 Å². The number of rotatable bonds is 3. The van der Waals surface area contributed by atoms with Crippen molar-refractivity contribution >= 4 is 17.1 Å². The van der Waals surface area contributed by atoms with E-state index >= 15 is 0 Å². The number of carbonyl (C=O) groups excluding carboxylic acids is 1. The van der Waals surface area contributed by atoms with Crippen LogP contribution in [-0.4, -0.2) is 10.8 Å². The van der Waals surface area contributed by atoms with Gasteiger partial charge in [0, 0.05) is 34.5 Å². The Morgan fingerprint density at radius 3 is 2.94 bits per heavy atom. The standard InChI is InChI=1S/C12H10FNOS/c1-2-12(15)8-3-4-14-11(5-8)9-6-16-7-10(9)13/h3-7H,2H2,1H3. The van der Waals surface area contributed by atoms with Crippen LogP contribution in [0.4, 0.5) is 4.39 Å². The van der Waals surface area contributed by atoms with Crippen LogP contribution >= 0.6 is 11.3 Å².